The molecule has 0 radical (unpaired) electrons. The van der Waals surface area contributed by atoms with Crippen molar-refractivity contribution in [3.05, 3.63) is 81.7 Å². The Bertz CT molecular complexity index is 1490. The molecular weight excluding hydrogens is 348 g/mol. The highest BCUT2D eigenvalue weighted by molar-refractivity contribution is 6.22. The Morgan fingerprint density at radius 3 is 2.68 bits per heavy atom. The van der Waals surface area contributed by atoms with Crippen LogP contribution in [0.5, 0.6) is 0 Å². The number of nitro benzene ring substituents is 1. The molecule has 4 aromatic carbocycles. The summed E-state index contributed by atoms with van der Waals surface area (Å²) in [5.41, 5.74) is 4.14. The molecule has 0 spiro atoms. The zero-order chi connectivity index (χ0) is 18.8. The van der Waals surface area contributed by atoms with Crippen molar-refractivity contribution in [3.63, 3.8) is 0 Å². The van der Waals surface area contributed by atoms with Crippen LogP contribution in [0, 0.1) is 10.1 Å². The lowest BCUT2D eigenvalue weighted by molar-refractivity contribution is -0.384. The molecule has 1 N–H and O–H groups in total. The zero-order valence-electron chi connectivity index (χ0n) is 15.0. The maximum atomic E-state index is 11.5. The van der Waals surface area contributed by atoms with Crippen molar-refractivity contribution >= 4 is 44.2 Å². The molecule has 0 amide bonds. The molecule has 0 aliphatic heterocycles. The van der Waals surface area contributed by atoms with Crippen LogP contribution in [-0.4, -0.2) is 9.91 Å². The molecule has 1 heterocycles. The van der Waals surface area contributed by atoms with E-state index in [1.807, 2.05) is 18.2 Å². The SMILES string of the molecule is O=[N+]([O-])c1ccccc1-c1ccc2c3c4c([nH]c5cccc(c2c1)c54)CCC=3. The molecule has 0 fully saturated rings. The first-order chi connectivity index (χ1) is 13.7. The van der Waals surface area contributed by atoms with E-state index in [1.165, 1.54) is 32.5 Å². The summed E-state index contributed by atoms with van der Waals surface area (Å²) in [6, 6.07) is 19.6. The van der Waals surface area contributed by atoms with E-state index in [9.17, 15) is 10.1 Å². The van der Waals surface area contributed by atoms with Crippen molar-refractivity contribution in [2.45, 2.75) is 12.8 Å². The van der Waals surface area contributed by atoms with Gasteiger partial charge in [0.25, 0.3) is 5.69 Å². The maximum Gasteiger partial charge on any atom is 0.277 e. The van der Waals surface area contributed by atoms with E-state index < -0.39 is 0 Å². The maximum absolute atomic E-state index is 11.5. The number of nitrogens with one attached hydrogen (secondary N) is 1. The van der Waals surface area contributed by atoms with Crippen LogP contribution in [0.15, 0.2) is 60.7 Å². The Labute approximate surface area is 160 Å². The summed E-state index contributed by atoms with van der Waals surface area (Å²) in [7, 11) is 0. The van der Waals surface area contributed by atoms with Gasteiger partial charge in [0.2, 0.25) is 0 Å². The monoisotopic (exact) mass is 364 g/mol. The van der Waals surface area contributed by atoms with Crippen LogP contribution in [-0.2, 0) is 6.42 Å². The van der Waals surface area contributed by atoms with Gasteiger partial charge in [-0.15, -0.1) is 0 Å². The van der Waals surface area contributed by atoms with Gasteiger partial charge in [-0.1, -0.05) is 42.5 Å². The van der Waals surface area contributed by atoms with Gasteiger partial charge in [0, 0.05) is 28.0 Å². The van der Waals surface area contributed by atoms with Gasteiger partial charge >= 0.3 is 0 Å². The number of nitro groups is 1. The van der Waals surface area contributed by atoms with Crippen LogP contribution in [0.1, 0.15) is 12.1 Å². The fourth-order valence-corrected chi connectivity index (χ4v) is 4.76. The molecule has 0 atom stereocenters. The third-order valence-corrected chi connectivity index (χ3v) is 5.93. The third-order valence-electron chi connectivity index (χ3n) is 5.93. The third kappa shape index (κ3) is 1.94. The minimum atomic E-state index is -0.310. The van der Waals surface area contributed by atoms with Crippen LogP contribution in [0.4, 0.5) is 5.69 Å². The minimum absolute atomic E-state index is 0.137. The molecule has 0 saturated heterocycles. The van der Waals surface area contributed by atoms with Crippen LogP contribution in [0.25, 0.3) is 49.7 Å². The van der Waals surface area contributed by atoms with Crippen LogP contribution in [0.2, 0.25) is 0 Å². The predicted octanol–water partition coefficient (Wildman–Crippen LogP) is 5.50. The lowest BCUT2D eigenvalue weighted by atomic mass is 9.90. The number of hydrogen-bond donors (Lipinski definition) is 1. The van der Waals surface area contributed by atoms with Gasteiger partial charge in [0.05, 0.1) is 10.5 Å². The Morgan fingerprint density at radius 1 is 0.893 bits per heavy atom. The smallest absolute Gasteiger partial charge is 0.277 e. The molecule has 4 nitrogen and oxygen atoms in total. The summed E-state index contributed by atoms with van der Waals surface area (Å²) in [6.07, 6.45) is 4.39. The quantitative estimate of drug-likeness (QED) is 0.256. The molecule has 6 rings (SSSR count). The molecule has 134 valence electrons. The van der Waals surface area contributed by atoms with Gasteiger partial charge in [-0.2, -0.15) is 0 Å². The first-order valence-corrected chi connectivity index (χ1v) is 9.45. The largest absolute Gasteiger partial charge is 0.358 e. The van der Waals surface area contributed by atoms with E-state index in [0.717, 1.165) is 29.3 Å². The number of aromatic nitrogens is 1. The summed E-state index contributed by atoms with van der Waals surface area (Å²) >= 11 is 0. The summed E-state index contributed by atoms with van der Waals surface area (Å²) in [5.74, 6) is 0. The lowest BCUT2D eigenvalue weighted by Gasteiger charge is -2.12. The van der Waals surface area contributed by atoms with E-state index in [1.54, 1.807) is 12.1 Å². The molecule has 0 bridgehead atoms. The highest BCUT2D eigenvalue weighted by atomic mass is 16.6. The van der Waals surface area contributed by atoms with Gasteiger partial charge in [-0.05, 0) is 58.0 Å². The molecule has 1 aliphatic carbocycles. The number of H-pyrrole nitrogens is 1. The van der Waals surface area contributed by atoms with Gasteiger partial charge in [-0.3, -0.25) is 10.1 Å². The van der Waals surface area contributed by atoms with Crippen LogP contribution in [0.3, 0.4) is 0 Å². The summed E-state index contributed by atoms with van der Waals surface area (Å²) in [6.45, 7) is 0. The number of rotatable bonds is 2. The minimum Gasteiger partial charge on any atom is -0.358 e. The van der Waals surface area contributed by atoms with E-state index in [-0.39, 0.29) is 10.6 Å². The highest BCUT2D eigenvalue weighted by Gasteiger charge is 2.19. The Morgan fingerprint density at radius 2 is 1.79 bits per heavy atom. The van der Waals surface area contributed by atoms with E-state index in [2.05, 4.69) is 41.4 Å². The van der Waals surface area contributed by atoms with Crippen molar-refractivity contribution in [1.29, 1.82) is 0 Å². The molecule has 28 heavy (non-hydrogen) atoms. The summed E-state index contributed by atoms with van der Waals surface area (Å²) in [5, 5.41) is 19.0. The van der Waals surface area contributed by atoms with E-state index in [4.69, 9.17) is 0 Å². The number of nitrogens with zero attached hydrogens (tertiary/aromatic N) is 1. The first-order valence-electron chi connectivity index (χ1n) is 9.45. The summed E-state index contributed by atoms with van der Waals surface area (Å²) < 4.78 is 0. The van der Waals surface area contributed by atoms with Crippen LogP contribution < -0.4 is 5.22 Å². The van der Waals surface area contributed by atoms with Crippen molar-refractivity contribution in [1.82, 2.24) is 4.98 Å². The van der Waals surface area contributed by atoms with E-state index >= 15 is 0 Å². The number of fused-ring (bicyclic) bond motifs is 3. The van der Waals surface area contributed by atoms with Gasteiger partial charge in [0.15, 0.2) is 0 Å². The fraction of sp³-hybridized carbons (Fsp3) is 0.0833. The number of aryl methyl sites for hydroxylation is 1. The number of benzene rings is 4. The number of aromatic amines is 1. The van der Waals surface area contributed by atoms with E-state index in [0.29, 0.717) is 5.56 Å². The highest BCUT2D eigenvalue weighted by Crippen LogP contribution is 2.37. The zero-order valence-corrected chi connectivity index (χ0v) is 15.0. The normalized spacial score (nSPS) is 13.3. The predicted molar refractivity (Wildman–Crippen MR) is 113 cm³/mol. The van der Waals surface area contributed by atoms with Gasteiger partial charge < -0.3 is 4.98 Å². The standard InChI is InChI=1S/C24H16N2O2/c27-26(28)22-10-2-1-5-15(22)14-11-12-16-17-6-3-8-20-23(17)24-18(19(16)13-14)7-4-9-21(24)25-20/h1-2,4-7,9-13,25H,3,8H2. The van der Waals surface area contributed by atoms with Crippen LogP contribution >= 0.6 is 0 Å². The Hall–Kier alpha value is -3.66. The second-order valence-corrected chi connectivity index (χ2v) is 7.40. The topological polar surface area (TPSA) is 58.9 Å². The fourth-order valence-electron chi connectivity index (χ4n) is 4.76. The second kappa shape index (κ2) is 5.42. The molecule has 1 aromatic heterocycles. The molecule has 1 aliphatic rings. The molecule has 0 unspecified atom stereocenters. The number of para-hydroxylation sites is 1. The van der Waals surface area contributed by atoms with Crippen molar-refractivity contribution in [2.24, 2.45) is 0 Å². The average molecular weight is 364 g/mol. The molecule has 0 saturated carbocycles. The molecule has 4 heteroatoms. The first kappa shape index (κ1) is 15.4. The molecule has 5 aromatic rings. The Kier molecular flexibility index (Phi) is 2.98. The van der Waals surface area contributed by atoms with Gasteiger partial charge in [0.1, 0.15) is 0 Å². The Balaban J connectivity index is 1.78. The lowest BCUT2D eigenvalue weighted by Crippen LogP contribution is -2.10. The number of hydrogen-bond acceptors (Lipinski definition) is 2. The van der Waals surface area contributed by atoms with Gasteiger partial charge in [-0.25, -0.2) is 0 Å². The van der Waals surface area contributed by atoms with Crippen molar-refractivity contribution in [2.75, 3.05) is 0 Å². The summed E-state index contributed by atoms with van der Waals surface area (Å²) in [4.78, 5) is 14.8. The van der Waals surface area contributed by atoms with Crippen molar-refractivity contribution < 1.29 is 4.92 Å². The second-order valence-electron chi connectivity index (χ2n) is 7.40. The average Bonchev–Trinajstić information content (AvgIpc) is 3.12. The molecular formula is C24H16N2O2. The van der Waals surface area contributed by atoms with Crippen molar-refractivity contribution in [3.8, 4) is 11.1 Å².